The summed E-state index contributed by atoms with van der Waals surface area (Å²) in [7, 11) is 0. The van der Waals surface area contributed by atoms with E-state index in [2.05, 4.69) is 27.0 Å². The maximum atomic E-state index is 10.8. The molecule has 7 heteroatoms. The number of hydrogen-bond donors (Lipinski definition) is 2. The van der Waals surface area contributed by atoms with E-state index in [1.807, 2.05) is 24.3 Å². The largest absolute Gasteiger partial charge is 0.504 e. The summed E-state index contributed by atoms with van der Waals surface area (Å²) in [4.78, 5) is 6.53. The minimum absolute atomic E-state index is 0.120. The van der Waals surface area contributed by atoms with Gasteiger partial charge in [0, 0.05) is 49.1 Å². The van der Waals surface area contributed by atoms with E-state index in [0.717, 1.165) is 42.7 Å². The van der Waals surface area contributed by atoms with Crippen LogP contribution in [-0.4, -0.2) is 34.1 Å². The van der Waals surface area contributed by atoms with Crippen molar-refractivity contribution in [3.05, 3.63) is 52.9 Å². The Balaban J connectivity index is 1.57. The molecule has 0 bridgehead atoms. The van der Waals surface area contributed by atoms with E-state index in [0.29, 0.717) is 28.2 Å². The zero-order valence-electron chi connectivity index (χ0n) is 15.6. The predicted octanol–water partition coefficient (Wildman–Crippen LogP) is 3.97. The van der Waals surface area contributed by atoms with Gasteiger partial charge in [-0.15, -0.1) is 10.2 Å². The van der Waals surface area contributed by atoms with Crippen molar-refractivity contribution in [2.45, 2.75) is 25.9 Å². The molecule has 1 unspecified atom stereocenters. The van der Waals surface area contributed by atoms with E-state index in [-0.39, 0.29) is 11.8 Å². The molecule has 142 valence electrons. The van der Waals surface area contributed by atoms with Gasteiger partial charge in [0.25, 0.3) is 0 Å². The topological polar surface area (TPSA) is 100 Å². The smallest absolute Gasteiger partial charge is 0.183 e. The summed E-state index contributed by atoms with van der Waals surface area (Å²) >= 11 is 0. The molecule has 3 aromatic rings. The molecule has 2 aliphatic rings. The first kappa shape index (κ1) is 17.1. The van der Waals surface area contributed by atoms with Crippen molar-refractivity contribution >= 4 is 28.6 Å². The van der Waals surface area contributed by atoms with Crippen LogP contribution in [0.2, 0.25) is 0 Å². The Bertz CT molecular complexity index is 1130. The van der Waals surface area contributed by atoms with Crippen molar-refractivity contribution in [2.24, 2.45) is 16.0 Å². The van der Waals surface area contributed by atoms with Gasteiger partial charge in [0.15, 0.2) is 17.3 Å². The number of likely N-dealkylation sites (tertiary alicyclic amines) is 1. The minimum Gasteiger partial charge on any atom is -0.504 e. The highest BCUT2D eigenvalue weighted by Gasteiger charge is 2.24. The monoisotopic (exact) mass is 375 g/mol. The maximum Gasteiger partial charge on any atom is 0.183 e. The molecule has 0 aliphatic carbocycles. The molecule has 0 radical (unpaired) electrons. The summed E-state index contributed by atoms with van der Waals surface area (Å²) in [5, 5.41) is 19.7. The van der Waals surface area contributed by atoms with Crippen molar-refractivity contribution < 1.29 is 9.52 Å². The summed E-state index contributed by atoms with van der Waals surface area (Å²) < 4.78 is 6.12. The van der Waals surface area contributed by atoms with Crippen molar-refractivity contribution in [3.8, 4) is 5.75 Å². The molecule has 0 spiro atoms. The number of furan rings is 1. The van der Waals surface area contributed by atoms with Gasteiger partial charge in [0.2, 0.25) is 0 Å². The van der Waals surface area contributed by atoms with Crippen LogP contribution < -0.4 is 5.73 Å². The summed E-state index contributed by atoms with van der Waals surface area (Å²) in [6.45, 7) is 4.68. The first-order valence-corrected chi connectivity index (χ1v) is 9.41. The van der Waals surface area contributed by atoms with Crippen LogP contribution in [0.15, 0.2) is 45.1 Å². The van der Waals surface area contributed by atoms with Crippen LogP contribution in [0.3, 0.4) is 0 Å². The molecule has 7 nitrogen and oxygen atoms in total. The first-order valence-electron chi connectivity index (χ1n) is 9.41. The van der Waals surface area contributed by atoms with Gasteiger partial charge in [0.05, 0.1) is 5.39 Å². The third kappa shape index (κ3) is 2.80. The number of nitrogens with zero attached hydrogens (tertiary/aromatic N) is 4. The van der Waals surface area contributed by atoms with Gasteiger partial charge >= 0.3 is 0 Å². The zero-order chi connectivity index (χ0) is 19.3. The molecule has 2 aromatic heterocycles. The van der Waals surface area contributed by atoms with E-state index in [1.165, 1.54) is 0 Å². The van der Waals surface area contributed by atoms with Gasteiger partial charge in [-0.05, 0) is 37.1 Å². The molecule has 1 atom stereocenters. The van der Waals surface area contributed by atoms with E-state index < -0.39 is 0 Å². The van der Waals surface area contributed by atoms with Gasteiger partial charge < -0.3 is 15.3 Å². The van der Waals surface area contributed by atoms with Gasteiger partial charge in [-0.3, -0.25) is 4.90 Å². The lowest BCUT2D eigenvalue weighted by Crippen LogP contribution is -2.26. The Labute approximate surface area is 162 Å². The van der Waals surface area contributed by atoms with Gasteiger partial charge in [-0.25, -0.2) is 4.98 Å². The van der Waals surface area contributed by atoms with Crippen LogP contribution in [0.25, 0.3) is 22.7 Å². The lowest BCUT2D eigenvalue weighted by Gasteiger charge is -2.16. The third-order valence-electron chi connectivity index (χ3n) is 5.47. The average molecular weight is 375 g/mol. The summed E-state index contributed by atoms with van der Waals surface area (Å²) in [5.41, 5.74) is 10.4. The summed E-state index contributed by atoms with van der Waals surface area (Å²) in [6.07, 6.45) is 4.41. The zero-order valence-corrected chi connectivity index (χ0v) is 15.6. The van der Waals surface area contributed by atoms with E-state index in [9.17, 15) is 5.11 Å². The Morgan fingerprint density at radius 3 is 3.04 bits per heavy atom. The third-order valence-corrected chi connectivity index (χ3v) is 5.47. The fourth-order valence-corrected chi connectivity index (χ4v) is 3.91. The van der Waals surface area contributed by atoms with Crippen molar-refractivity contribution in [1.82, 2.24) is 9.88 Å². The number of hydrogen-bond acceptors (Lipinski definition) is 7. The fourth-order valence-electron chi connectivity index (χ4n) is 3.91. The van der Waals surface area contributed by atoms with Gasteiger partial charge in [0.1, 0.15) is 11.3 Å². The van der Waals surface area contributed by atoms with Crippen LogP contribution in [0.1, 0.15) is 28.9 Å². The highest BCUT2D eigenvalue weighted by molar-refractivity contribution is 5.94. The number of aromatic hydroxyl groups is 1. The summed E-state index contributed by atoms with van der Waals surface area (Å²) in [5.74, 6) is 1.08. The number of aromatic nitrogens is 1. The van der Waals surface area contributed by atoms with Crippen LogP contribution in [-0.2, 0) is 6.54 Å². The van der Waals surface area contributed by atoms with E-state index in [4.69, 9.17) is 10.2 Å². The van der Waals surface area contributed by atoms with E-state index >= 15 is 0 Å². The molecule has 5 rings (SSSR count). The van der Waals surface area contributed by atoms with Gasteiger partial charge in [-0.1, -0.05) is 6.07 Å². The number of pyridine rings is 1. The lowest BCUT2D eigenvalue weighted by molar-refractivity contribution is 0.326. The van der Waals surface area contributed by atoms with Crippen LogP contribution >= 0.6 is 0 Å². The molecule has 28 heavy (non-hydrogen) atoms. The number of nitrogens with two attached hydrogens (primary N) is 1. The molecule has 0 amide bonds. The molecular weight excluding hydrogens is 354 g/mol. The van der Waals surface area contributed by atoms with Crippen molar-refractivity contribution in [3.63, 3.8) is 0 Å². The lowest BCUT2D eigenvalue weighted by atomic mass is 10.0. The average Bonchev–Trinajstić information content (AvgIpc) is 3.37. The predicted molar refractivity (Wildman–Crippen MR) is 107 cm³/mol. The second kappa shape index (κ2) is 6.54. The normalized spacial score (nSPS) is 20.5. The quantitative estimate of drug-likeness (QED) is 0.721. The highest BCUT2D eigenvalue weighted by atomic mass is 16.4. The highest BCUT2D eigenvalue weighted by Crippen LogP contribution is 2.40. The minimum atomic E-state index is 0.120. The van der Waals surface area contributed by atoms with E-state index in [1.54, 1.807) is 12.3 Å². The van der Waals surface area contributed by atoms with Crippen molar-refractivity contribution in [2.75, 3.05) is 13.1 Å². The first-order chi connectivity index (χ1) is 13.6. The molecule has 1 aromatic carbocycles. The molecule has 1 fully saturated rings. The van der Waals surface area contributed by atoms with Crippen molar-refractivity contribution in [1.29, 1.82) is 0 Å². The maximum absolute atomic E-state index is 10.8. The molecule has 4 heterocycles. The number of benzene rings is 1. The SMILES string of the molecule is Cc1ccc2c(O)c(C=C3N=Nc4ncccc43)oc2c1CN1CCC(N)C1. The number of rotatable bonds is 3. The second-order valence-corrected chi connectivity index (χ2v) is 7.44. The summed E-state index contributed by atoms with van der Waals surface area (Å²) in [6, 6.07) is 7.89. The molecule has 3 N–H and O–H groups in total. The standard InChI is InChI=1S/C21H21N5O2/c1-12-4-5-15-19(27)18(9-17-14-3-2-7-23-21(14)25-24-17)28-20(15)16(12)11-26-8-6-13(22)10-26/h2-5,7,9,13,27H,6,8,10-11,22H2,1H3. The Kier molecular flexibility index (Phi) is 3.99. The Hall–Kier alpha value is -3.03. The Morgan fingerprint density at radius 2 is 2.21 bits per heavy atom. The molecular formula is C21H21N5O2. The Morgan fingerprint density at radius 1 is 1.32 bits per heavy atom. The van der Waals surface area contributed by atoms with Gasteiger partial charge in [-0.2, -0.15) is 0 Å². The molecule has 0 saturated carbocycles. The fraction of sp³-hybridized carbons (Fsp3) is 0.286. The number of azo groups is 1. The molecule has 1 saturated heterocycles. The molecule has 2 aliphatic heterocycles. The van der Waals surface area contributed by atoms with Crippen LogP contribution in [0.4, 0.5) is 5.82 Å². The second-order valence-electron chi connectivity index (χ2n) is 7.44. The number of fused-ring (bicyclic) bond motifs is 2. The van der Waals surface area contributed by atoms with Crippen LogP contribution in [0.5, 0.6) is 5.75 Å². The van der Waals surface area contributed by atoms with Crippen LogP contribution in [0, 0.1) is 6.92 Å². The number of aryl methyl sites for hydroxylation is 1.